The van der Waals surface area contributed by atoms with E-state index in [-0.39, 0.29) is 11.8 Å². The Labute approximate surface area is 171 Å². The van der Waals surface area contributed by atoms with Crippen molar-refractivity contribution in [3.63, 3.8) is 0 Å². The van der Waals surface area contributed by atoms with Gasteiger partial charge in [0.25, 0.3) is 11.8 Å². The molecule has 146 valence electrons. The lowest BCUT2D eigenvalue weighted by Gasteiger charge is -2.21. The minimum absolute atomic E-state index is 0.158. The van der Waals surface area contributed by atoms with Gasteiger partial charge in [-0.2, -0.15) is 0 Å². The van der Waals surface area contributed by atoms with E-state index in [1.54, 1.807) is 59.9 Å². The molecule has 29 heavy (non-hydrogen) atoms. The SMILES string of the molecule is O=C(Nc1ccc(C(=O)N(Cc2ccco2)Cc2ccco2)cc1)c1cccs1. The highest BCUT2D eigenvalue weighted by molar-refractivity contribution is 7.12. The van der Waals surface area contributed by atoms with Crippen molar-refractivity contribution in [2.45, 2.75) is 13.1 Å². The van der Waals surface area contributed by atoms with Gasteiger partial charge in [-0.3, -0.25) is 9.59 Å². The van der Waals surface area contributed by atoms with Gasteiger partial charge >= 0.3 is 0 Å². The first kappa shape index (κ1) is 18.8. The zero-order valence-electron chi connectivity index (χ0n) is 15.4. The Kier molecular flexibility index (Phi) is 5.58. The Morgan fingerprint density at radius 3 is 2.03 bits per heavy atom. The van der Waals surface area contributed by atoms with Gasteiger partial charge < -0.3 is 19.1 Å². The number of carbonyl (C=O) groups is 2. The first-order valence-corrected chi connectivity index (χ1v) is 9.86. The second-order valence-electron chi connectivity index (χ2n) is 6.33. The Hall–Kier alpha value is -3.58. The molecule has 3 heterocycles. The molecule has 0 unspecified atom stereocenters. The van der Waals surface area contributed by atoms with E-state index in [2.05, 4.69) is 5.32 Å². The van der Waals surface area contributed by atoms with E-state index >= 15 is 0 Å². The van der Waals surface area contributed by atoms with Crippen LogP contribution in [0.4, 0.5) is 5.69 Å². The lowest BCUT2D eigenvalue weighted by Crippen LogP contribution is -2.29. The van der Waals surface area contributed by atoms with Gasteiger partial charge in [-0.05, 0) is 60.0 Å². The zero-order chi connectivity index (χ0) is 20.1. The number of hydrogen-bond acceptors (Lipinski definition) is 5. The third-order valence-electron chi connectivity index (χ3n) is 4.28. The average molecular weight is 406 g/mol. The Morgan fingerprint density at radius 2 is 1.52 bits per heavy atom. The molecule has 0 aliphatic carbocycles. The number of nitrogens with zero attached hydrogens (tertiary/aromatic N) is 1. The third-order valence-corrected chi connectivity index (χ3v) is 5.14. The lowest BCUT2D eigenvalue weighted by molar-refractivity contribution is 0.0705. The number of nitrogens with one attached hydrogen (secondary N) is 1. The summed E-state index contributed by atoms with van der Waals surface area (Å²) in [6.45, 7) is 0.646. The highest BCUT2D eigenvalue weighted by Gasteiger charge is 2.19. The Morgan fingerprint density at radius 1 is 0.862 bits per heavy atom. The van der Waals surface area contributed by atoms with Gasteiger partial charge in [0.1, 0.15) is 11.5 Å². The van der Waals surface area contributed by atoms with Crippen molar-refractivity contribution in [3.05, 3.63) is 101 Å². The molecule has 2 amide bonds. The maximum Gasteiger partial charge on any atom is 0.265 e. The number of amides is 2. The van der Waals surface area contributed by atoms with Crippen LogP contribution < -0.4 is 5.32 Å². The fourth-order valence-electron chi connectivity index (χ4n) is 2.86. The molecule has 0 fully saturated rings. The molecule has 7 heteroatoms. The van der Waals surface area contributed by atoms with E-state index in [9.17, 15) is 9.59 Å². The van der Waals surface area contributed by atoms with Crippen LogP contribution in [0, 0.1) is 0 Å². The van der Waals surface area contributed by atoms with Crippen molar-refractivity contribution >= 4 is 28.8 Å². The topological polar surface area (TPSA) is 75.7 Å². The van der Waals surface area contributed by atoms with E-state index in [1.165, 1.54) is 11.3 Å². The molecule has 1 N–H and O–H groups in total. The molecule has 0 spiro atoms. The van der Waals surface area contributed by atoms with Gasteiger partial charge in [0.05, 0.1) is 30.5 Å². The summed E-state index contributed by atoms with van der Waals surface area (Å²) in [5.41, 5.74) is 1.14. The maximum atomic E-state index is 13.1. The van der Waals surface area contributed by atoms with Crippen LogP contribution in [0.25, 0.3) is 0 Å². The van der Waals surface area contributed by atoms with Crippen LogP contribution in [-0.4, -0.2) is 16.7 Å². The van der Waals surface area contributed by atoms with Gasteiger partial charge in [-0.25, -0.2) is 0 Å². The number of hydrogen-bond donors (Lipinski definition) is 1. The first-order valence-electron chi connectivity index (χ1n) is 8.98. The van der Waals surface area contributed by atoms with Crippen molar-refractivity contribution in [1.82, 2.24) is 4.90 Å². The smallest absolute Gasteiger partial charge is 0.265 e. The molecule has 0 aliphatic rings. The molecule has 0 atom stereocenters. The van der Waals surface area contributed by atoms with Crippen LogP contribution >= 0.6 is 11.3 Å². The standard InChI is InChI=1S/C22H18N2O4S/c25-21(20-6-3-13-29-20)23-17-9-7-16(8-10-17)22(26)24(14-18-4-1-11-27-18)15-19-5-2-12-28-19/h1-13H,14-15H2,(H,23,25). The number of thiophene rings is 1. The first-order chi connectivity index (χ1) is 14.2. The van der Waals surface area contributed by atoms with Crippen molar-refractivity contribution in [2.75, 3.05) is 5.32 Å². The van der Waals surface area contributed by atoms with Gasteiger partial charge in [0.2, 0.25) is 0 Å². The van der Waals surface area contributed by atoms with Crippen LogP contribution in [0.5, 0.6) is 0 Å². The maximum absolute atomic E-state index is 13.1. The number of benzene rings is 1. The summed E-state index contributed by atoms with van der Waals surface area (Å²) in [7, 11) is 0. The van der Waals surface area contributed by atoms with Crippen LogP contribution in [-0.2, 0) is 13.1 Å². The Bertz CT molecular complexity index is 1020. The summed E-state index contributed by atoms with van der Waals surface area (Å²) in [6.07, 6.45) is 3.16. The number of rotatable bonds is 7. The normalized spacial score (nSPS) is 10.6. The molecule has 1 aromatic carbocycles. The van der Waals surface area contributed by atoms with Crippen molar-refractivity contribution in [1.29, 1.82) is 0 Å². The molecule has 0 radical (unpaired) electrons. The minimum Gasteiger partial charge on any atom is -0.467 e. The van der Waals surface area contributed by atoms with Gasteiger partial charge in [0, 0.05) is 11.3 Å². The molecule has 6 nitrogen and oxygen atoms in total. The molecule has 4 rings (SSSR count). The number of anilines is 1. The van der Waals surface area contributed by atoms with Crippen LogP contribution in [0.15, 0.2) is 87.4 Å². The number of furan rings is 2. The molecule has 0 saturated carbocycles. The monoisotopic (exact) mass is 406 g/mol. The fourth-order valence-corrected chi connectivity index (χ4v) is 3.48. The summed E-state index contributed by atoms with van der Waals surface area (Å²) in [5, 5.41) is 4.68. The second-order valence-corrected chi connectivity index (χ2v) is 7.28. The molecule has 0 saturated heterocycles. The lowest BCUT2D eigenvalue weighted by atomic mass is 10.1. The predicted molar refractivity (Wildman–Crippen MR) is 110 cm³/mol. The van der Waals surface area contributed by atoms with Gasteiger partial charge in [-0.1, -0.05) is 6.07 Å². The highest BCUT2D eigenvalue weighted by Crippen LogP contribution is 2.18. The summed E-state index contributed by atoms with van der Waals surface area (Å²) in [4.78, 5) is 27.5. The zero-order valence-corrected chi connectivity index (χ0v) is 16.2. The van der Waals surface area contributed by atoms with Crippen molar-refractivity contribution < 1.29 is 18.4 Å². The molecule has 3 aromatic heterocycles. The fraction of sp³-hybridized carbons (Fsp3) is 0.0909. The molecular weight excluding hydrogens is 388 g/mol. The van der Waals surface area contributed by atoms with Gasteiger partial charge in [0.15, 0.2) is 0 Å². The average Bonchev–Trinajstić information content (AvgIpc) is 3.50. The summed E-state index contributed by atoms with van der Waals surface area (Å²) in [5.74, 6) is 1.04. The third kappa shape index (κ3) is 4.64. The van der Waals surface area contributed by atoms with E-state index in [4.69, 9.17) is 8.83 Å². The predicted octanol–water partition coefficient (Wildman–Crippen LogP) is 5.03. The van der Waals surface area contributed by atoms with E-state index in [0.29, 0.717) is 40.7 Å². The van der Waals surface area contributed by atoms with Crippen LogP contribution in [0.2, 0.25) is 0 Å². The quantitative estimate of drug-likeness (QED) is 0.467. The number of carbonyl (C=O) groups excluding carboxylic acids is 2. The van der Waals surface area contributed by atoms with Crippen LogP contribution in [0.1, 0.15) is 31.6 Å². The van der Waals surface area contributed by atoms with E-state index in [0.717, 1.165) is 0 Å². The van der Waals surface area contributed by atoms with Crippen molar-refractivity contribution in [2.24, 2.45) is 0 Å². The summed E-state index contributed by atoms with van der Waals surface area (Å²) >= 11 is 1.37. The summed E-state index contributed by atoms with van der Waals surface area (Å²) < 4.78 is 10.8. The van der Waals surface area contributed by atoms with Gasteiger partial charge in [-0.15, -0.1) is 11.3 Å². The largest absolute Gasteiger partial charge is 0.467 e. The minimum atomic E-state index is -0.170. The molecule has 0 bridgehead atoms. The molecule has 4 aromatic rings. The van der Waals surface area contributed by atoms with E-state index in [1.807, 2.05) is 23.6 Å². The summed E-state index contributed by atoms with van der Waals surface area (Å²) in [6, 6.07) is 17.6. The molecule has 0 aliphatic heterocycles. The van der Waals surface area contributed by atoms with E-state index < -0.39 is 0 Å². The Balaban J connectivity index is 1.48. The highest BCUT2D eigenvalue weighted by atomic mass is 32.1. The molecular formula is C22H18N2O4S. The second kappa shape index (κ2) is 8.62. The van der Waals surface area contributed by atoms with Crippen LogP contribution in [0.3, 0.4) is 0 Å². The van der Waals surface area contributed by atoms with Crippen molar-refractivity contribution in [3.8, 4) is 0 Å².